The van der Waals surface area contributed by atoms with Crippen molar-refractivity contribution in [3.63, 3.8) is 0 Å². The van der Waals surface area contributed by atoms with Crippen LogP contribution in [0.25, 0.3) is 0 Å². The van der Waals surface area contributed by atoms with E-state index in [-0.39, 0.29) is 10.9 Å². The Labute approximate surface area is 105 Å². The first-order chi connectivity index (χ1) is 8.19. The summed E-state index contributed by atoms with van der Waals surface area (Å²) in [6, 6.07) is 8.09. The standard InChI is InChI=1S/C13H15NO2S/c15-12(16)11-8-17-13(14-11)6-5-9-3-1-2-4-10(9)7-13/h1-4,11,14H,5-8H2,(H,15,16)/t11-,13?/m1/s1. The molecule has 3 rings (SSSR count). The van der Waals surface area contributed by atoms with Gasteiger partial charge in [-0.15, -0.1) is 11.8 Å². The molecular weight excluding hydrogens is 234 g/mol. The van der Waals surface area contributed by atoms with Crippen LogP contribution < -0.4 is 5.32 Å². The van der Waals surface area contributed by atoms with Crippen LogP contribution in [0.15, 0.2) is 24.3 Å². The minimum atomic E-state index is -0.728. The molecule has 0 amide bonds. The number of nitrogens with one attached hydrogen (secondary N) is 1. The van der Waals surface area contributed by atoms with Crippen molar-refractivity contribution in [3.8, 4) is 0 Å². The van der Waals surface area contributed by atoms with Gasteiger partial charge in [-0.3, -0.25) is 10.1 Å². The van der Waals surface area contributed by atoms with E-state index in [9.17, 15) is 4.79 Å². The summed E-state index contributed by atoms with van der Waals surface area (Å²) in [4.78, 5) is 11.0. The van der Waals surface area contributed by atoms with Crippen LogP contribution in [0, 0.1) is 0 Å². The van der Waals surface area contributed by atoms with Crippen molar-refractivity contribution in [2.45, 2.75) is 30.2 Å². The van der Waals surface area contributed by atoms with Gasteiger partial charge in [0.25, 0.3) is 0 Å². The normalized spacial score (nSPS) is 31.4. The highest BCUT2D eigenvalue weighted by Gasteiger charge is 2.43. The monoisotopic (exact) mass is 249 g/mol. The van der Waals surface area contributed by atoms with Crippen molar-refractivity contribution in [1.82, 2.24) is 5.32 Å². The van der Waals surface area contributed by atoms with Gasteiger partial charge >= 0.3 is 5.97 Å². The van der Waals surface area contributed by atoms with Gasteiger partial charge in [0.1, 0.15) is 6.04 Å². The van der Waals surface area contributed by atoms with E-state index in [1.165, 1.54) is 11.1 Å². The third kappa shape index (κ3) is 1.96. The van der Waals surface area contributed by atoms with Crippen LogP contribution in [0.1, 0.15) is 17.5 Å². The summed E-state index contributed by atoms with van der Waals surface area (Å²) in [5.74, 6) is -0.0504. The Balaban J connectivity index is 1.82. The Kier molecular flexibility index (Phi) is 2.64. The van der Waals surface area contributed by atoms with Crippen LogP contribution in [0.5, 0.6) is 0 Å². The molecule has 90 valence electrons. The topological polar surface area (TPSA) is 49.3 Å². The van der Waals surface area contributed by atoms with Gasteiger partial charge in [0.05, 0.1) is 4.87 Å². The molecule has 1 aliphatic carbocycles. The lowest BCUT2D eigenvalue weighted by Crippen LogP contribution is -2.48. The van der Waals surface area contributed by atoms with E-state index in [1.807, 2.05) is 0 Å². The molecule has 17 heavy (non-hydrogen) atoms. The maximum atomic E-state index is 11.0. The van der Waals surface area contributed by atoms with Crippen LogP contribution in [0.3, 0.4) is 0 Å². The van der Waals surface area contributed by atoms with Gasteiger partial charge in [0.15, 0.2) is 0 Å². The molecule has 3 nitrogen and oxygen atoms in total. The van der Waals surface area contributed by atoms with E-state index in [2.05, 4.69) is 29.6 Å². The molecule has 1 fully saturated rings. The number of benzene rings is 1. The molecule has 0 saturated carbocycles. The Hall–Kier alpha value is -1.00. The fraction of sp³-hybridized carbons (Fsp3) is 0.462. The smallest absolute Gasteiger partial charge is 0.321 e. The average Bonchev–Trinajstić information content (AvgIpc) is 2.73. The summed E-state index contributed by atoms with van der Waals surface area (Å²) >= 11 is 1.77. The Morgan fingerprint density at radius 3 is 2.88 bits per heavy atom. The first-order valence-electron chi connectivity index (χ1n) is 5.90. The molecule has 0 radical (unpaired) electrons. The molecule has 2 aliphatic rings. The van der Waals surface area contributed by atoms with E-state index in [4.69, 9.17) is 5.11 Å². The molecule has 1 spiro atoms. The number of thioether (sulfide) groups is 1. The molecule has 4 heteroatoms. The van der Waals surface area contributed by atoms with Crippen LogP contribution in [-0.4, -0.2) is 27.7 Å². The van der Waals surface area contributed by atoms with Gasteiger partial charge in [0, 0.05) is 12.2 Å². The van der Waals surface area contributed by atoms with Crippen molar-refractivity contribution in [3.05, 3.63) is 35.4 Å². The molecular formula is C13H15NO2S. The number of carbonyl (C=O) groups is 1. The number of carboxylic acid groups (broad SMARTS) is 1. The number of carboxylic acids is 1. The van der Waals surface area contributed by atoms with E-state index in [1.54, 1.807) is 11.8 Å². The lowest BCUT2D eigenvalue weighted by Gasteiger charge is -2.34. The fourth-order valence-corrected chi connectivity index (χ4v) is 4.17. The quantitative estimate of drug-likeness (QED) is 0.795. The van der Waals surface area contributed by atoms with E-state index in [0.717, 1.165) is 19.3 Å². The third-order valence-corrected chi connectivity index (χ3v) is 5.17. The number of rotatable bonds is 1. The number of fused-ring (bicyclic) bond motifs is 1. The van der Waals surface area contributed by atoms with Gasteiger partial charge in [-0.05, 0) is 24.0 Å². The Morgan fingerprint density at radius 2 is 2.18 bits per heavy atom. The molecule has 1 unspecified atom stereocenters. The second-order valence-electron chi connectivity index (χ2n) is 4.79. The Bertz CT molecular complexity index is 462. The molecule has 1 saturated heterocycles. The zero-order valence-electron chi connectivity index (χ0n) is 9.48. The van der Waals surface area contributed by atoms with Gasteiger partial charge in [0.2, 0.25) is 0 Å². The summed E-state index contributed by atoms with van der Waals surface area (Å²) < 4.78 is 0. The molecule has 2 atom stereocenters. The van der Waals surface area contributed by atoms with Gasteiger partial charge in [-0.25, -0.2) is 0 Å². The maximum absolute atomic E-state index is 11.0. The minimum absolute atomic E-state index is 0.0442. The second-order valence-corrected chi connectivity index (χ2v) is 6.19. The van der Waals surface area contributed by atoms with Gasteiger partial charge < -0.3 is 5.11 Å². The first kappa shape index (κ1) is 11.1. The SMILES string of the molecule is O=C(O)[C@H]1CSC2(CCc3ccccc3C2)N1. The van der Waals surface area contributed by atoms with Crippen molar-refractivity contribution in [2.24, 2.45) is 0 Å². The van der Waals surface area contributed by atoms with Crippen LogP contribution in [0.4, 0.5) is 0 Å². The largest absolute Gasteiger partial charge is 0.480 e. The number of hydrogen-bond acceptors (Lipinski definition) is 3. The first-order valence-corrected chi connectivity index (χ1v) is 6.88. The predicted molar refractivity (Wildman–Crippen MR) is 68.2 cm³/mol. The zero-order chi connectivity index (χ0) is 11.9. The van der Waals surface area contributed by atoms with Crippen LogP contribution >= 0.6 is 11.8 Å². The lowest BCUT2D eigenvalue weighted by atomic mass is 9.87. The zero-order valence-corrected chi connectivity index (χ0v) is 10.3. The van der Waals surface area contributed by atoms with E-state index >= 15 is 0 Å². The van der Waals surface area contributed by atoms with Crippen molar-refractivity contribution >= 4 is 17.7 Å². The third-order valence-electron chi connectivity index (χ3n) is 3.65. The molecule has 1 aromatic rings. The molecule has 0 bridgehead atoms. The van der Waals surface area contributed by atoms with Crippen molar-refractivity contribution in [2.75, 3.05) is 5.75 Å². The number of aryl methyl sites for hydroxylation is 1. The lowest BCUT2D eigenvalue weighted by molar-refractivity contribution is -0.138. The Morgan fingerprint density at radius 1 is 1.41 bits per heavy atom. The minimum Gasteiger partial charge on any atom is -0.480 e. The fourth-order valence-electron chi connectivity index (χ4n) is 2.73. The van der Waals surface area contributed by atoms with E-state index < -0.39 is 5.97 Å². The van der Waals surface area contributed by atoms with E-state index in [0.29, 0.717) is 5.75 Å². The summed E-state index contributed by atoms with van der Waals surface area (Å²) in [6.07, 6.45) is 3.01. The summed E-state index contributed by atoms with van der Waals surface area (Å²) in [5.41, 5.74) is 2.78. The highest BCUT2D eigenvalue weighted by atomic mass is 32.2. The average molecular weight is 249 g/mol. The summed E-state index contributed by atoms with van der Waals surface area (Å²) in [5, 5.41) is 12.4. The number of hydrogen-bond donors (Lipinski definition) is 2. The van der Waals surface area contributed by atoms with Crippen LogP contribution in [-0.2, 0) is 17.6 Å². The van der Waals surface area contributed by atoms with Crippen molar-refractivity contribution in [1.29, 1.82) is 0 Å². The van der Waals surface area contributed by atoms with Crippen molar-refractivity contribution < 1.29 is 9.90 Å². The molecule has 1 aromatic carbocycles. The molecule has 1 aliphatic heterocycles. The number of aliphatic carboxylic acids is 1. The molecule has 2 N–H and O–H groups in total. The highest BCUT2D eigenvalue weighted by Crippen LogP contribution is 2.41. The molecule has 1 heterocycles. The summed E-state index contributed by atoms with van der Waals surface area (Å²) in [6.45, 7) is 0. The molecule has 0 aromatic heterocycles. The second kappa shape index (κ2) is 4.03. The predicted octanol–water partition coefficient (Wildman–Crippen LogP) is 1.66. The highest BCUT2D eigenvalue weighted by molar-refractivity contribution is 8.01. The van der Waals surface area contributed by atoms with Gasteiger partial charge in [-0.2, -0.15) is 0 Å². The van der Waals surface area contributed by atoms with Gasteiger partial charge in [-0.1, -0.05) is 24.3 Å². The van der Waals surface area contributed by atoms with Crippen LogP contribution in [0.2, 0.25) is 0 Å². The maximum Gasteiger partial charge on any atom is 0.321 e. The summed E-state index contributed by atoms with van der Waals surface area (Å²) in [7, 11) is 0.